The number of carbonyl (C=O) groups excluding carboxylic acids is 2. The van der Waals surface area contributed by atoms with E-state index in [0.29, 0.717) is 34.9 Å². The fraction of sp³-hybridized carbons (Fsp3) is 0.0769. The Balaban J connectivity index is 1.32. The summed E-state index contributed by atoms with van der Waals surface area (Å²) >= 11 is 0. The lowest BCUT2D eigenvalue weighted by Gasteiger charge is -2.36. The third-order valence-electron chi connectivity index (χ3n) is 5.33. The van der Waals surface area contributed by atoms with Crippen LogP contribution in [0, 0.1) is 0 Å². The largest absolute Gasteiger partial charge is 0.489 e. The number of hydrazine groups is 1. The molecule has 0 unspecified atom stereocenters. The van der Waals surface area contributed by atoms with Gasteiger partial charge in [0.05, 0.1) is 11.8 Å². The third-order valence-corrected chi connectivity index (χ3v) is 5.33. The number of nitrogens with zero attached hydrogens (tertiary/aromatic N) is 1. The molecule has 0 fully saturated rings. The summed E-state index contributed by atoms with van der Waals surface area (Å²) in [5.74, 6) is 0.397. The minimum Gasteiger partial charge on any atom is -0.489 e. The molecule has 33 heavy (non-hydrogen) atoms. The second-order valence-electron chi connectivity index (χ2n) is 7.52. The lowest BCUT2D eigenvalue weighted by Crippen LogP contribution is -2.52. The first-order chi connectivity index (χ1) is 16.2. The standard InChI is InChI=1S/C26H21N3O4/c30-25(19-12-14-20(15-13-19)33-17-18-7-2-1-3-8-18)28-29-24(23-11-6-16-32-23)27-22-10-5-4-9-21(22)26(29)31/h1-16,24,27H,17H2,(H,28,30)/t24-/m1/s1. The smallest absolute Gasteiger partial charge is 0.276 e. The lowest BCUT2D eigenvalue weighted by atomic mass is 10.1. The Hall–Kier alpha value is -4.52. The zero-order chi connectivity index (χ0) is 22.6. The molecular formula is C26H21N3O4. The van der Waals surface area contributed by atoms with Crippen molar-refractivity contribution in [3.05, 3.63) is 120 Å². The van der Waals surface area contributed by atoms with E-state index in [9.17, 15) is 9.59 Å². The van der Waals surface area contributed by atoms with Crippen molar-refractivity contribution in [1.82, 2.24) is 10.4 Å². The number of hydrogen-bond donors (Lipinski definition) is 2. The summed E-state index contributed by atoms with van der Waals surface area (Å²) in [4.78, 5) is 26.1. The maximum atomic E-state index is 13.2. The number of amides is 2. The number of nitrogens with one attached hydrogen (secondary N) is 2. The molecule has 7 nitrogen and oxygen atoms in total. The molecule has 0 saturated carbocycles. The minimum absolute atomic E-state index is 0.332. The lowest BCUT2D eigenvalue weighted by molar-refractivity contribution is 0.0467. The summed E-state index contributed by atoms with van der Waals surface area (Å²) in [5, 5.41) is 4.51. The molecule has 4 aromatic rings. The second-order valence-corrected chi connectivity index (χ2v) is 7.52. The molecule has 2 heterocycles. The highest BCUT2D eigenvalue weighted by Gasteiger charge is 2.35. The topological polar surface area (TPSA) is 83.8 Å². The molecule has 1 atom stereocenters. The molecule has 164 valence electrons. The van der Waals surface area contributed by atoms with Crippen molar-refractivity contribution in [2.45, 2.75) is 12.8 Å². The van der Waals surface area contributed by atoms with Crippen LogP contribution in [0.2, 0.25) is 0 Å². The molecular weight excluding hydrogens is 418 g/mol. The normalized spacial score (nSPS) is 14.8. The van der Waals surface area contributed by atoms with Gasteiger partial charge in [-0.25, -0.2) is 5.01 Å². The van der Waals surface area contributed by atoms with Gasteiger partial charge in [-0.3, -0.25) is 15.0 Å². The van der Waals surface area contributed by atoms with Gasteiger partial charge in [0.15, 0.2) is 6.17 Å². The highest BCUT2D eigenvalue weighted by Crippen LogP contribution is 2.32. The van der Waals surface area contributed by atoms with Crippen molar-refractivity contribution in [2.24, 2.45) is 0 Å². The molecule has 2 N–H and O–H groups in total. The average Bonchev–Trinajstić information content (AvgIpc) is 3.40. The van der Waals surface area contributed by atoms with E-state index < -0.39 is 12.1 Å². The second kappa shape index (κ2) is 8.92. The number of ether oxygens (including phenoxy) is 1. The summed E-state index contributed by atoms with van der Waals surface area (Å²) in [7, 11) is 0. The Morgan fingerprint density at radius 2 is 1.70 bits per heavy atom. The van der Waals surface area contributed by atoms with Crippen LogP contribution in [0.5, 0.6) is 5.75 Å². The van der Waals surface area contributed by atoms with Gasteiger partial charge < -0.3 is 14.5 Å². The van der Waals surface area contributed by atoms with Crippen LogP contribution in [0.15, 0.2) is 102 Å². The summed E-state index contributed by atoms with van der Waals surface area (Å²) < 4.78 is 11.3. The Bertz CT molecular complexity index is 1250. The zero-order valence-corrected chi connectivity index (χ0v) is 17.6. The van der Waals surface area contributed by atoms with Crippen molar-refractivity contribution in [3.63, 3.8) is 0 Å². The van der Waals surface area contributed by atoms with Gasteiger partial charge in [-0.15, -0.1) is 0 Å². The molecule has 1 aliphatic heterocycles. The van der Waals surface area contributed by atoms with Gasteiger partial charge in [0, 0.05) is 11.3 Å². The minimum atomic E-state index is -0.681. The van der Waals surface area contributed by atoms with Crippen LogP contribution < -0.4 is 15.5 Å². The number of furan rings is 1. The molecule has 1 aliphatic rings. The number of hydrogen-bond acceptors (Lipinski definition) is 5. The van der Waals surface area contributed by atoms with Gasteiger partial charge in [-0.1, -0.05) is 42.5 Å². The maximum absolute atomic E-state index is 13.2. The fourth-order valence-electron chi connectivity index (χ4n) is 3.63. The van der Waals surface area contributed by atoms with Gasteiger partial charge in [-0.2, -0.15) is 0 Å². The van der Waals surface area contributed by atoms with Crippen molar-refractivity contribution in [1.29, 1.82) is 0 Å². The van der Waals surface area contributed by atoms with Crippen LogP contribution in [0.3, 0.4) is 0 Å². The summed E-state index contributed by atoms with van der Waals surface area (Å²) in [6.45, 7) is 0.435. The number of para-hydroxylation sites is 1. The molecule has 0 radical (unpaired) electrons. The molecule has 1 aromatic heterocycles. The van der Waals surface area contributed by atoms with E-state index >= 15 is 0 Å². The van der Waals surface area contributed by atoms with Gasteiger partial charge >= 0.3 is 0 Å². The van der Waals surface area contributed by atoms with E-state index in [1.807, 2.05) is 42.5 Å². The first kappa shape index (κ1) is 20.4. The first-order valence-corrected chi connectivity index (χ1v) is 10.5. The van der Waals surface area contributed by atoms with Gasteiger partial charge in [0.1, 0.15) is 18.1 Å². The summed E-state index contributed by atoms with van der Waals surface area (Å²) in [6.07, 6.45) is 0.843. The number of anilines is 1. The van der Waals surface area contributed by atoms with E-state index in [4.69, 9.17) is 9.15 Å². The molecule has 0 spiro atoms. The van der Waals surface area contributed by atoms with E-state index in [0.717, 1.165) is 5.56 Å². The van der Waals surface area contributed by atoms with E-state index in [2.05, 4.69) is 10.7 Å². The van der Waals surface area contributed by atoms with Gasteiger partial charge in [0.25, 0.3) is 11.8 Å². The maximum Gasteiger partial charge on any atom is 0.276 e. The highest BCUT2D eigenvalue weighted by molar-refractivity contribution is 6.03. The Labute approximate surface area is 190 Å². The Morgan fingerprint density at radius 3 is 2.45 bits per heavy atom. The van der Waals surface area contributed by atoms with Crippen molar-refractivity contribution < 1.29 is 18.7 Å². The predicted octanol–water partition coefficient (Wildman–Crippen LogP) is 4.77. The van der Waals surface area contributed by atoms with E-state index in [1.165, 1.54) is 11.3 Å². The number of benzene rings is 3. The van der Waals surface area contributed by atoms with Crippen molar-refractivity contribution in [3.8, 4) is 5.75 Å². The van der Waals surface area contributed by atoms with E-state index in [-0.39, 0.29) is 5.91 Å². The number of rotatable bonds is 6. The van der Waals surface area contributed by atoms with Crippen molar-refractivity contribution >= 4 is 17.5 Å². The molecule has 5 rings (SSSR count). The number of fused-ring (bicyclic) bond motifs is 1. The van der Waals surface area contributed by atoms with Crippen LogP contribution in [-0.2, 0) is 6.61 Å². The van der Waals surface area contributed by atoms with Crippen LogP contribution in [0.1, 0.15) is 38.2 Å². The van der Waals surface area contributed by atoms with Gasteiger partial charge in [0.2, 0.25) is 0 Å². The number of carbonyl (C=O) groups is 2. The third kappa shape index (κ3) is 4.29. The Morgan fingerprint density at radius 1 is 0.939 bits per heavy atom. The molecule has 0 saturated heterocycles. The van der Waals surface area contributed by atoms with Crippen LogP contribution in [0.25, 0.3) is 0 Å². The molecule has 0 bridgehead atoms. The Kier molecular flexibility index (Phi) is 5.51. The van der Waals surface area contributed by atoms with Crippen LogP contribution in [-0.4, -0.2) is 16.8 Å². The van der Waals surface area contributed by atoms with Crippen molar-refractivity contribution in [2.75, 3.05) is 5.32 Å². The summed E-state index contributed by atoms with van der Waals surface area (Å²) in [5.41, 5.74) is 5.31. The zero-order valence-electron chi connectivity index (χ0n) is 17.6. The molecule has 7 heteroatoms. The van der Waals surface area contributed by atoms with E-state index in [1.54, 1.807) is 48.5 Å². The molecule has 2 amide bonds. The first-order valence-electron chi connectivity index (χ1n) is 10.5. The molecule has 0 aliphatic carbocycles. The SMILES string of the molecule is O=C(NN1C(=O)c2ccccc2N[C@H]1c1ccco1)c1ccc(OCc2ccccc2)cc1. The summed E-state index contributed by atoms with van der Waals surface area (Å²) in [6, 6.07) is 27.2. The van der Waals surface area contributed by atoms with Crippen LogP contribution >= 0.6 is 0 Å². The monoisotopic (exact) mass is 439 g/mol. The quantitative estimate of drug-likeness (QED) is 0.452. The average molecular weight is 439 g/mol. The van der Waals surface area contributed by atoms with Gasteiger partial charge in [-0.05, 0) is 54.1 Å². The highest BCUT2D eigenvalue weighted by atomic mass is 16.5. The predicted molar refractivity (Wildman–Crippen MR) is 122 cm³/mol. The fourth-order valence-corrected chi connectivity index (χ4v) is 3.63. The molecule has 3 aromatic carbocycles. The van der Waals surface area contributed by atoms with Crippen LogP contribution in [0.4, 0.5) is 5.69 Å².